The molecule has 1 fully saturated rings. The standard InChI is InChI=1S/C28H28N6O3/c29-26(37)24-15-34(21-9-6-17-3-1-4-18(17)13-21)27-23(25(24)36)14-30-28(32-27)31-19-7-10-20(11-8-19)33-12-2-5-22(33)16-35/h6-11,13-15,22,35H,1-5,12,16H2,(H2,29,37)(H,30,31,32). The Kier molecular flexibility index (Phi) is 5.84. The van der Waals surface area contributed by atoms with E-state index in [2.05, 4.69) is 32.3 Å². The molecule has 1 aliphatic heterocycles. The molecule has 3 heterocycles. The number of rotatable bonds is 6. The zero-order valence-electron chi connectivity index (χ0n) is 20.4. The fourth-order valence-corrected chi connectivity index (χ4v) is 5.48. The fourth-order valence-electron chi connectivity index (χ4n) is 5.48. The van der Waals surface area contributed by atoms with Crippen LogP contribution in [-0.4, -0.2) is 44.7 Å². The molecule has 1 aliphatic carbocycles. The van der Waals surface area contributed by atoms with Gasteiger partial charge in [0.15, 0.2) is 5.65 Å². The Hall–Kier alpha value is -4.24. The second kappa shape index (κ2) is 9.33. The number of carbonyl (C=O) groups is 1. The number of nitrogens with two attached hydrogens (primary N) is 1. The third kappa shape index (κ3) is 4.21. The van der Waals surface area contributed by atoms with Crippen LogP contribution in [0.3, 0.4) is 0 Å². The number of anilines is 3. The Balaban J connectivity index is 1.38. The molecular weight excluding hydrogens is 468 g/mol. The van der Waals surface area contributed by atoms with Gasteiger partial charge in [-0.1, -0.05) is 6.07 Å². The predicted octanol–water partition coefficient (Wildman–Crippen LogP) is 3.07. The molecule has 0 radical (unpaired) electrons. The van der Waals surface area contributed by atoms with E-state index >= 15 is 0 Å². The van der Waals surface area contributed by atoms with Gasteiger partial charge in [-0.25, -0.2) is 4.98 Å². The number of primary amides is 1. The van der Waals surface area contributed by atoms with Gasteiger partial charge in [0.25, 0.3) is 5.91 Å². The molecule has 4 aromatic rings. The molecule has 1 saturated heterocycles. The van der Waals surface area contributed by atoms with E-state index in [1.807, 2.05) is 30.3 Å². The molecule has 2 aromatic heterocycles. The molecule has 0 spiro atoms. The highest BCUT2D eigenvalue weighted by atomic mass is 16.3. The summed E-state index contributed by atoms with van der Waals surface area (Å²) in [5, 5.41) is 13.1. The number of nitrogens with zero attached hydrogens (tertiary/aromatic N) is 4. The van der Waals surface area contributed by atoms with Crippen LogP contribution >= 0.6 is 0 Å². The number of hydrogen-bond donors (Lipinski definition) is 3. The van der Waals surface area contributed by atoms with Crippen LogP contribution in [-0.2, 0) is 12.8 Å². The summed E-state index contributed by atoms with van der Waals surface area (Å²) in [5.74, 6) is -0.457. The van der Waals surface area contributed by atoms with Crippen molar-refractivity contribution >= 4 is 34.3 Å². The first-order valence-corrected chi connectivity index (χ1v) is 12.6. The largest absolute Gasteiger partial charge is 0.394 e. The van der Waals surface area contributed by atoms with Gasteiger partial charge in [0.05, 0.1) is 18.0 Å². The summed E-state index contributed by atoms with van der Waals surface area (Å²) in [6.45, 7) is 1.08. The van der Waals surface area contributed by atoms with E-state index in [0.29, 0.717) is 11.6 Å². The number of hydrogen-bond acceptors (Lipinski definition) is 7. The molecule has 9 nitrogen and oxygen atoms in total. The first-order chi connectivity index (χ1) is 18.0. The third-order valence-electron chi connectivity index (χ3n) is 7.41. The summed E-state index contributed by atoms with van der Waals surface area (Å²) in [4.78, 5) is 36.3. The quantitative estimate of drug-likeness (QED) is 0.374. The molecule has 4 N–H and O–H groups in total. The first-order valence-electron chi connectivity index (χ1n) is 12.6. The van der Waals surface area contributed by atoms with Crippen molar-refractivity contribution in [2.75, 3.05) is 23.4 Å². The minimum Gasteiger partial charge on any atom is -0.394 e. The summed E-state index contributed by atoms with van der Waals surface area (Å²) in [5.41, 5.74) is 10.6. The number of benzene rings is 2. The lowest BCUT2D eigenvalue weighted by atomic mass is 10.1. The maximum Gasteiger partial charge on any atom is 0.254 e. The molecule has 6 rings (SSSR count). The van der Waals surface area contributed by atoms with Crippen molar-refractivity contribution in [2.45, 2.75) is 38.1 Å². The van der Waals surface area contributed by atoms with E-state index in [1.165, 1.54) is 23.5 Å². The normalized spacial score (nSPS) is 16.8. The van der Waals surface area contributed by atoms with E-state index in [4.69, 9.17) is 5.73 Å². The van der Waals surface area contributed by atoms with Crippen LogP contribution in [0.5, 0.6) is 0 Å². The second-order valence-electron chi connectivity index (χ2n) is 9.69. The van der Waals surface area contributed by atoms with Crippen LogP contribution in [0.4, 0.5) is 17.3 Å². The molecule has 0 saturated carbocycles. The SMILES string of the molecule is NC(=O)c1cn(-c2ccc3c(c2)CCC3)c2nc(Nc3ccc(N4CCCC4CO)cc3)ncc2c1=O. The maximum absolute atomic E-state index is 13.0. The van der Waals surface area contributed by atoms with Gasteiger partial charge in [-0.05, 0) is 79.6 Å². The summed E-state index contributed by atoms with van der Waals surface area (Å²) in [6.07, 6.45) is 8.14. The molecule has 0 bridgehead atoms. The van der Waals surface area contributed by atoms with Crippen LogP contribution in [0.1, 0.15) is 40.7 Å². The molecule has 37 heavy (non-hydrogen) atoms. The summed E-state index contributed by atoms with van der Waals surface area (Å²) >= 11 is 0. The number of pyridine rings is 1. The summed E-state index contributed by atoms with van der Waals surface area (Å²) in [6, 6.07) is 14.2. The topological polar surface area (TPSA) is 126 Å². The molecule has 1 atom stereocenters. The minimum atomic E-state index is -0.787. The number of fused-ring (bicyclic) bond motifs is 2. The van der Waals surface area contributed by atoms with E-state index in [1.54, 1.807) is 4.57 Å². The lowest BCUT2D eigenvalue weighted by Crippen LogP contribution is -2.31. The van der Waals surface area contributed by atoms with Gasteiger partial charge in [0, 0.05) is 36.0 Å². The Morgan fingerprint density at radius 3 is 2.65 bits per heavy atom. The average molecular weight is 497 g/mol. The van der Waals surface area contributed by atoms with E-state index in [9.17, 15) is 14.7 Å². The number of nitrogens with one attached hydrogen (secondary N) is 1. The highest BCUT2D eigenvalue weighted by molar-refractivity contribution is 5.96. The van der Waals surface area contributed by atoms with Crippen molar-refractivity contribution in [1.82, 2.24) is 14.5 Å². The van der Waals surface area contributed by atoms with Crippen LogP contribution in [0.25, 0.3) is 16.7 Å². The summed E-state index contributed by atoms with van der Waals surface area (Å²) in [7, 11) is 0. The Bertz CT molecular complexity index is 1560. The third-order valence-corrected chi connectivity index (χ3v) is 7.41. The monoisotopic (exact) mass is 496 g/mol. The van der Waals surface area contributed by atoms with Crippen molar-refractivity contribution in [3.63, 3.8) is 0 Å². The van der Waals surface area contributed by atoms with E-state index in [-0.39, 0.29) is 23.6 Å². The van der Waals surface area contributed by atoms with Crippen molar-refractivity contribution in [3.05, 3.63) is 81.8 Å². The van der Waals surface area contributed by atoms with Crippen LogP contribution in [0.2, 0.25) is 0 Å². The highest BCUT2D eigenvalue weighted by Gasteiger charge is 2.24. The lowest BCUT2D eigenvalue weighted by molar-refractivity contribution is 0.0999. The van der Waals surface area contributed by atoms with E-state index < -0.39 is 11.3 Å². The molecule has 9 heteroatoms. The van der Waals surface area contributed by atoms with Gasteiger partial charge in [-0.15, -0.1) is 0 Å². The first kappa shape index (κ1) is 23.2. The smallest absolute Gasteiger partial charge is 0.254 e. The van der Waals surface area contributed by atoms with Gasteiger partial charge in [-0.2, -0.15) is 4.98 Å². The Labute approximate surface area is 213 Å². The maximum atomic E-state index is 13.0. The number of carbonyl (C=O) groups excluding carboxylic acids is 1. The van der Waals surface area contributed by atoms with Crippen molar-refractivity contribution in [3.8, 4) is 5.69 Å². The number of amides is 1. The van der Waals surface area contributed by atoms with Crippen LogP contribution < -0.4 is 21.4 Å². The molecule has 2 aromatic carbocycles. The minimum absolute atomic E-state index is 0.101. The number of aliphatic hydroxyl groups excluding tert-OH is 1. The number of aromatic nitrogens is 3. The van der Waals surface area contributed by atoms with Crippen molar-refractivity contribution < 1.29 is 9.90 Å². The molecule has 2 aliphatic rings. The fraction of sp³-hybridized carbons (Fsp3) is 0.286. The molecule has 1 amide bonds. The average Bonchev–Trinajstić information content (AvgIpc) is 3.58. The van der Waals surface area contributed by atoms with Crippen LogP contribution in [0, 0.1) is 0 Å². The zero-order chi connectivity index (χ0) is 25.5. The van der Waals surface area contributed by atoms with Crippen molar-refractivity contribution in [2.24, 2.45) is 5.73 Å². The Morgan fingerprint density at radius 2 is 1.86 bits per heavy atom. The lowest BCUT2D eigenvalue weighted by Gasteiger charge is -2.25. The van der Waals surface area contributed by atoms with E-state index in [0.717, 1.165) is 55.7 Å². The number of aliphatic hydroxyl groups is 1. The van der Waals surface area contributed by atoms with Gasteiger partial charge < -0.3 is 25.6 Å². The zero-order valence-corrected chi connectivity index (χ0v) is 20.4. The van der Waals surface area contributed by atoms with Crippen LogP contribution in [0.15, 0.2) is 59.7 Å². The Morgan fingerprint density at radius 1 is 1.08 bits per heavy atom. The highest BCUT2D eigenvalue weighted by Crippen LogP contribution is 2.28. The van der Waals surface area contributed by atoms with Crippen molar-refractivity contribution in [1.29, 1.82) is 0 Å². The predicted molar refractivity (Wildman–Crippen MR) is 143 cm³/mol. The van der Waals surface area contributed by atoms with Gasteiger partial charge in [0.1, 0.15) is 5.56 Å². The van der Waals surface area contributed by atoms with Gasteiger partial charge in [-0.3, -0.25) is 9.59 Å². The van der Waals surface area contributed by atoms with Gasteiger partial charge in [0.2, 0.25) is 11.4 Å². The van der Waals surface area contributed by atoms with Gasteiger partial charge >= 0.3 is 0 Å². The summed E-state index contributed by atoms with van der Waals surface area (Å²) < 4.78 is 1.74. The molecule has 188 valence electrons. The number of aryl methyl sites for hydroxylation is 2. The molecular formula is C28H28N6O3. The second-order valence-corrected chi connectivity index (χ2v) is 9.69. The molecule has 1 unspecified atom stereocenters.